The zero-order valence-corrected chi connectivity index (χ0v) is 11.5. The van der Waals surface area contributed by atoms with E-state index in [-0.39, 0.29) is 17.7 Å². The Morgan fingerprint density at radius 1 is 1.26 bits per heavy atom. The van der Waals surface area contributed by atoms with Crippen LogP contribution in [0.3, 0.4) is 0 Å². The summed E-state index contributed by atoms with van der Waals surface area (Å²) in [4.78, 5) is 30.5. The molecule has 0 atom stereocenters. The van der Waals surface area contributed by atoms with Crippen LogP contribution in [0.15, 0.2) is 12.1 Å². The molecule has 0 aliphatic carbocycles. The molecule has 0 aliphatic heterocycles. The van der Waals surface area contributed by atoms with Gasteiger partial charge in [0, 0.05) is 18.2 Å². The molecule has 1 amide bonds. The lowest BCUT2D eigenvalue weighted by molar-refractivity contribution is -0.394. The van der Waals surface area contributed by atoms with Gasteiger partial charge in [-0.05, 0) is 6.42 Å². The zero-order chi connectivity index (χ0) is 17.8. The third-order valence-corrected chi connectivity index (χ3v) is 2.68. The molecule has 0 fully saturated rings. The molecule has 0 spiro atoms. The molecule has 12 heteroatoms. The number of carbonyl (C=O) groups excluding carboxylic acids is 1. The van der Waals surface area contributed by atoms with E-state index < -0.39 is 39.8 Å². The predicted molar refractivity (Wildman–Crippen MR) is 69.1 cm³/mol. The van der Waals surface area contributed by atoms with E-state index in [0.29, 0.717) is 6.07 Å². The third-order valence-electron chi connectivity index (χ3n) is 2.68. The number of non-ortho nitro benzene ring substituents is 1. The summed E-state index contributed by atoms with van der Waals surface area (Å²) < 4.78 is 40.9. The Kier molecular flexibility index (Phi) is 5.43. The fourth-order valence-corrected chi connectivity index (χ4v) is 1.73. The number of ether oxygens (including phenoxy) is 1. The lowest BCUT2D eigenvalue weighted by Crippen LogP contribution is -2.37. The number of rotatable bonds is 6. The predicted octanol–water partition coefficient (Wildman–Crippen LogP) is 1.73. The minimum absolute atomic E-state index is 0.0733. The van der Waals surface area contributed by atoms with Crippen LogP contribution < -0.4 is 10.1 Å². The number of benzene rings is 1. The van der Waals surface area contributed by atoms with Gasteiger partial charge in [0.05, 0.1) is 23.0 Å². The molecule has 0 unspecified atom stereocenters. The number of methoxy groups -OCH3 is 1. The standard InChI is InChI=1S/C11H10F3N3O6/c1-23-9-6(2-3-15-10(18)11(12,13)14)4-7(16(19)20)5-8(9)17(21)22/h4-5H,2-3H2,1H3,(H,15,18). The highest BCUT2D eigenvalue weighted by atomic mass is 19.4. The van der Waals surface area contributed by atoms with E-state index in [4.69, 9.17) is 4.74 Å². The fourth-order valence-electron chi connectivity index (χ4n) is 1.73. The Hall–Kier alpha value is -2.92. The van der Waals surface area contributed by atoms with Crippen LogP contribution in [-0.4, -0.2) is 35.6 Å². The second kappa shape index (κ2) is 6.89. The molecule has 1 N–H and O–H groups in total. The van der Waals surface area contributed by atoms with Crippen LogP contribution in [-0.2, 0) is 11.2 Å². The normalized spacial score (nSPS) is 11.0. The summed E-state index contributed by atoms with van der Waals surface area (Å²) in [6, 6.07) is 1.61. The quantitative estimate of drug-likeness (QED) is 0.622. The second-order valence-corrected chi connectivity index (χ2v) is 4.18. The minimum atomic E-state index is -5.07. The first-order valence-electron chi connectivity index (χ1n) is 5.92. The highest BCUT2D eigenvalue weighted by molar-refractivity contribution is 5.81. The highest BCUT2D eigenvalue weighted by Crippen LogP contribution is 2.35. The van der Waals surface area contributed by atoms with Crippen molar-refractivity contribution < 1.29 is 32.5 Å². The molecule has 1 aromatic carbocycles. The Balaban J connectivity index is 3.07. The van der Waals surface area contributed by atoms with Crippen LogP contribution >= 0.6 is 0 Å². The molecule has 0 bridgehead atoms. The van der Waals surface area contributed by atoms with Gasteiger partial charge in [0.2, 0.25) is 5.75 Å². The topological polar surface area (TPSA) is 125 Å². The van der Waals surface area contributed by atoms with Gasteiger partial charge in [-0.3, -0.25) is 25.0 Å². The molecule has 0 aliphatic rings. The second-order valence-electron chi connectivity index (χ2n) is 4.18. The number of hydrogen-bond acceptors (Lipinski definition) is 6. The number of amides is 1. The van der Waals surface area contributed by atoms with Crippen LogP contribution in [0.5, 0.6) is 5.75 Å². The Bertz CT molecular complexity index is 647. The highest BCUT2D eigenvalue weighted by Gasteiger charge is 2.38. The maximum Gasteiger partial charge on any atom is 0.471 e. The molecule has 0 saturated carbocycles. The number of nitrogens with one attached hydrogen (secondary N) is 1. The van der Waals surface area contributed by atoms with E-state index in [0.717, 1.165) is 13.2 Å². The SMILES string of the molecule is COc1c(CCNC(=O)C(F)(F)F)cc([N+](=O)[O-])cc1[N+](=O)[O-]. The Labute approximate surface area is 126 Å². The van der Waals surface area contributed by atoms with Gasteiger partial charge in [-0.25, -0.2) is 0 Å². The van der Waals surface area contributed by atoms with Crippen LogP contribution in [0, 0.1) is 20.2 Å². The van der Waals surface area contributed by atoms with Gasteiger partial charge in [0.15, 0.2) is 0 Å². The van der Waals surface area contributed by atoms with Gasteiger partial charge >= 0.3 is 17.8 Å². The smallest absolute Gasteiger partial charge is 0.471 e. The molecule has 0 radical (unpaired) electrons. The summed E-state index contributed by atoms with van der Waals surface area (Å²) in [7, 11) is 1.08. The molecule has 0 heterocycles. The van der Waals surface area contributed by atoms with Gasteiger partial charge < -0.3 is 10.1 Å². The number of nitrogens with zero attached hydrogens (tertiary/aromatic N) is 2. The van der Waals surface area contributed by atoms with E-state index in [1.807, 2.05) is 0 Å². The van der Waals surface area contributed by atoms with Crippen molar-refractivity contribution in [1.29, 1.82) is 0 Å². The summed E-state index contributed by atoms with van der Waals surface area (Å²) in [5.41, 5.74) is -1.38. The number of carbonyl (C=O) groups is 1. The van der Waals surface area contributed by atoms with Gasteiger partial charge in [-0.1, -0.05) is 0 Å². The van der Waals surface area contributed by atoms with Crippen molar-refractivity contribution in [3.63, 3.8) is 0 Å². The molecular weight excluding hydrogens is 327 g/mol. The van der Waals surface area contributed by atoms with Gasteiger partial charge in [0.25, 0.3) is 5.69 Å². The summed E-state index contributed by atoms with van der Waals surface area (Å²) >= 11 is 0. The average Bonchev–Trinajstić information content (AvgIpc) is 2.44. The minimum Gasteiger partial charge on any atom is -0.490 e. The van der Waals surface area contributed by atoms with Crippen molar-refractivity contribution in [3.8, 4) is 5.75 Å². The Morgan fingerprint density at radius 3 is 2.30 bits per heavy atom. The van der Waals surface area contributed by atoms with Crippen molar-refractivity contribution in [3.05, 3.63) is 37.9 Å². The first-order valence-corrected chi connectivity index (χ1v) is 5.92. The van der Waals surface area contributed by atoms with Crippen molar-refractivity contribution in [2.45, 2.75) is 12.6 Å². The summed E-state index contributed by atoms with van der Waals surface area (Å²) in [6.45, 7) is -0.535. The Morgan fingerprint density at radius 2 is 1.87 bits per heavy atom. The van der Waals surface area contributed by atoms with Gasteiger partial charge in [0.1, 0.15) is 0 Å². The summed E-state index contributed by atoms with van der Waals surface area (Å²) in [6.07, 6.45) is -5.40. The van der Waals surface area contributed by atoms with E-state index in [1.54, 1.807) is 5.32 Å². The van der Waals surface area contributed by atoms with Crippen LogP contribution in [0.1, 0.15) is 5.56 Å². The number of alkyl halides is 3. The lowest BCUT2D eigenvalue weighted by Gasteiger charge is -2.10. The van der Waals surface area contributed by atoms with E-state index in [2.05, 4.69) is 0 Å². The van der Waals surface area contributed by atoms with E-state index in [1.165, 1.54) is 0 Å². The number of nitro benzene ring substituents is 2. The molecule has 126 valence electrons. The first kappa shape index (κ1) is 18.1. The number of halogens is 3. The third kappa shape index (κ3) is 4.52. The first-order chi connectivity index (χ1) is 10.6. The molecule has 0 aromatic heterocycles. The molecule has 1 aromatic rings. The maximum absolute atomic E-state index is 12.0. The molecular formula is C11H10F3N3O6. The number of hydrogen-bond donors (Lipinski definition) is 1. The van der Waals surface area contributed by atoms with Gasteiger partial charge in [-0.2, -0.15) is 13.2 Å². The lowest BCUT2D eigenvalue weighted by atomic mass is 10.1. The zero-order valence-electron chi connectivity index (χ0n) is 11.5. The summed E-state index contributed by atoms with van der Waals surface area (Å²) in [5, 5.41) is 23.2. The van der Waals surface area contributed by atoms with Crippen molar-refractivity contribution in [2.75, 3.05) is 13.7 Å². The molecule has 1 rings (SSSR count). The van der Waals surface area contributed by atoms with Crippen LogP contribution in [0.25, 0.3) is 0 Å². The van der Waals surface area contributed by atoms with Crippen molar-refractivity contribution in [2.24, 2.45) is 0 Å². The van der Waals surface area contributed by atoms with Crippen LogP contribution in [0.4, 0.5) is 24.5 Å². The van der Waals surface area contributed by atoms with E-state index in [9.17, 15) is 38.2 Å². The van der Waals surface area contributed by atoms with Crippen molar-refractivity contribution in [1.82, 2.24) is 5.32 Å². The monoisotopic (exact) mass is 337 g/mol. The van der Waals surface area contributed by atoms with Crippen LogP contribution in [0.2, 0.25) is 0 Å². The molecule has 9 nitrogen and oxygen atoms in total. The summed E-state index contributed by atoms with van der Waals surface area (Å²) in [5.74, 6) is -2.50. The fraction of sp³-hybridized carbons (Fsp3) is 0.364. The number of nitro groups is 2. The molecule has 0 saturated heterocycles. The largest absolute Gasteiger partial charge is 0.490 e. The maximum atomic E-state index is 12.0. The average molecular weight is 337 g/mol. The van der Waals surface area contributed by atoms with Gasteiger partial charge in [-0.15, -0.1) is 0 Å². The van der Waals surface area contributed by atoms with Crippen molar-refractivity contribution >= 4 is 17.3 Å². The van der Waals surface area contributed by atoms with E-state index >= 15 is 0 Å². The molecule has 23 heavy (non-hydrogen) atoms.